The molecule has 2 heterocycles. The summed E-state index contributed by atoms with van der Waals surface area (Å²) in [6.45, 7) is 0.666. The highest BCUT2D eigenvalue weighted by Gasteiger charge is 2.31. The molecule has 0 bridgehead atoms. The van der Waals surface area contributed by atoms with Crippen LogP contribution >= 0.6 is 0 Å². The minimum atomic E-state index is -1.03. The lowest BCUT2D eigenvalue weighted by atomic mass is 10.1. The first-order valence-corrected chi connectivity index (χ1v) is 6.80. The number of carbonyl (C=O) groups is 2. The molecule has 1 atom stereocenters. The number of aromatic amines is 1. The van der Waals surface area contributed by atoms with Crippen LogP contribution in [0.2, 0.25) is 0 Å². The number of nitrogens with one attached hydrogen (secondary N) is 1. The van der Waals surface area contributed by atoms with Gasteiger partial charge in [-0.05, 0) is 37.1 Å². The summed E-state index contributed by atoms with van der Waals surface area (Å²) in [7, 11) is 0. The van der Waals surface area contributed by atoms with E-state index in [2.05, 4.69) is 10.2 Å². The molecule has 1 fully saturated rings. The molecule has 21 heavy (non-hydrogen) atoms. The first kappa shape index (κ1) is 13.4. The minimum Gasteiger partial charge on any atom is -0.478 e. The van der Waals surface area contributed by atoms with E-state index >= 15 is 0 Å². The first-order valence-electron chi connectivity index (χ1n) is 6.80. The highest BCUT2D eigenvalue weighted by molar-refractivity contribution is 5.97. The predicted octanol–water partition coefficient (Wildman–Crippen LogP) is 2.09. The standard InChI is InChI=1S/C15H15N3O3/c19-14(10-3-1-4-11(9-10)15(20)21)18-8-2-5-13(18)12-6-7-16-17-12/h1,3-4,6-7,9,13H,2,5,8H2,(H,16,17)(H,20,21). The lowest BCUT2D eigenvalue weighted by Gasteiger charge is -2.23. The van der Waals surface area contributed by atoms with E-state index in [9.17, 15) is 9.59 Å². The van der Waals surface area contributed by atoms with Gasteiger partial charge in [-0.3, -0.25) is 9.89 Å². The van der Waals surface area contributed by atoms with Crippen molar-refractivity contribution in [2.75, 3.05) is 6.54 Å². The van der Waals surface area contributed by atoms with Crippen molar-refractivity contribution in [2.45, 2.75) is 18.9 Å². The molecule has 2 N–H and O–H groups in total. The summed E-state index contributed by atoms with van der Waals surface area (Å²) in [5, 5.41) is 15.9. The van der Waals surface area contributed by atoms with E-state index < -0.39 is 5.97 Å². The predicted molar refractivity (Wildman–Crippen MR) is 75.0 cm³/mol. The SMILES string of the molecule is O=C(O)c1cccc(C(=O)N2CCCC2c2ccn[nH]2)c1. The van der Waals surface area contributed by atoms with Crippen LogP contribution in [0.15, 0.2) is 36.5 Å². The normalized spacial score (nSPS) is 17.9. The van der Waals surface area contributed by atoms with Gasteiger partial charge in [-0.2, -0.15) is 5.10 Å². The average molecular weight is 285 g/mol. The summed E-state index contributed by atoms with van der Waals surface area (Å²) in [6.07, 6.45) is 3.47. The number of aromatic nitrogens is 2. The largest absolute Gasteiger partial charge is 0.478 e. The lowest BCUT2D eigenvalue weighted by Crippen LogP contribution is -2.30. The van der Waals surface area contributed by atoms with Gasteiger partial charge in [0.1, 0.15) is 0 Å². The van der Waals surface area contributed by atoms with Gasteiger partial charge in [-0.1, -0.05) is 6.07 Å². The van der Waals surface area contributed by atoms with Gasteiger partial charge in [0.25, 0.3) is 5.91 Å². The summed E-state index contributed by atoms with van der Waals surface area (Å²) in [5.41, 5.74) is 1.44. The molecule has 1 aliphatic rings. The monoisotopic (exact) mass is 285 g/mol. The number of carboxylic acid groups (broad SMARTS) is 1. The molecule has 1 aromatic heterocycles. The maximum atomic E-state index is 12.6. The molecule has 2 aromatic rings. The highest BCUT2D eigenvalue weighted by Crippen LogP contribution is 2.31. The number of H-pyrrole nitrogens is 1. The Bertz CT molecular complexity index is 667. The zero-order chi connectivity index (χ0) is 14.8. The number of carboxylic acids is 1. The van der Waals surface area contributed by atoms with Crippen molar-refractivity contribution < 1.29 is 14.7 Å². The summed E-state index contributed by atoms with van der Waals surface area (Å²) in [4.78, 5) is 25.4. The Kier molecular flexibility index (Phi) is 3.43. The molecule has 0 saturated carbocycles. The minimum absolute atomic E-state index is 0.0199. The Labute approximate surface area is 121 Å². The maximum Gasteiger partial charge on any atom is 0.335 e. The van der Waals surface area contributed by atoms with Crippen molar-refractivity contribution >= 4 is 11.9 Å². The van der Waals surface area contributed by atoms with Crippen LogP contribution in [0.3, 0.4) is 0 Å². The molecule has 1 aromatic carbocycles. The van der Waals surface area contributed by atoms with E-state index in [1.165, 1.54) is 12.1 Å². The molecule has 108 valence electrons. The van der Waals surface area contributed by atoms with E-state index in [0.717, 1.165) is 18.5 Å². The van der Waals surface area contributed by atoms with Crippen LogP contribution < -0.4 is 0 Å². The summed E-state index contributed by atoms with van der Waals surface area (Å²) >= 11 is 0. The molecule has 1 amide bonds. The van der Waals surface area contributed by atoms with Crippen molar-refractivity contribution in [3.05, 3.63) is 53.3 Å². The maximum absolute atomic E-state index is 12.6. The van der Waals surface area contributed by atoms with Crippen LogP contribution in [0.25, 0.3) is 0 Å². The van der Waals surface area contributed by atoms with Crippen LogP contribution in [0.4, 0.5) is 0 Å². The van der Waals surface area contributed by atoms with Gasteiger partial charge < -0.3 is 10.0 Å². The van der Waals surface area contributed by atoms with Gasteiger partial charge in [-0.25, -0.2) is 4.79 Å². The number of rotatable bonds is 3. The third-order valence-electron chi connectivity index (χ3n) is 3.75. The van der Waals surface area contributed by atoms with E-state index in [1.807, 2.05) is 6.07 Å². The summed E-state index contributed by atoms with van der Waals surface area (Å²) < 4.78 is 0. The van der Waals surface area contributed by atoms with E-state index in [-0.39, 0.29) is 17.5 Å². The number of hydrogen-bond acceptors (Lipinski definition) is 3. The zero-order valence-electron chi connectivity index (χ0n) is 11.3. The van der Waals surface area contributed by atoms with Crippen molar-refractivity contribution in [3.8, 4) is 0 Å². The van der Waals surface area contributed by atoms with Crippen LogP contribution in [0.1, 0.15) is 45.3 Å². The number of carbonyl (C=O) groups excluding carboxylic acids is 1. The number of amides is 1. The molecule has 1 aliphatic heterocycles. The Balaban J connectivity index is 1.87. The topological polar surface area (TPSA) is 86.3 Å². The van der Waals surface area contributed by atoms with E-state index in [1.54, 1.807) is 23.2 Å². The Morgan fingerprint density at radius 1 is 1.29 bits per heavy atom. The van der Waals surface area contributed by atoms with Gasteiger partial charge in [0.2, 0.25) is 0 Å². The van der Waals surface area contributed by atoms with E-state index in [4.69, 9.17) is 5.11 Å². The molecule has 0 aliphatic carbocycles. The molecule has 0 spiro atoms. The van der Waals surface area contributed by atoms with Gasteiger partial charge in [0.15, 0.2) is 0 Å². The summed E-state index contributed by atoms with van der Waals surface area (Å²) in [6, 6.07) is 8.00. The van der Waals surface area contributed by atoms with Crippen molar-refractivity contribution in [2.24, 2.45) is 0 Å². The highest BCUT2D eigenvalue weighted by atomic mass is 16.4. The van der Waals surface area contributed by atoms with Crippen molar-refractivity contribution in [1.82, 2.24) is 15.1 Å². The Morgan fingerprint density at radius 3 is 2.81 bits per heavy atom. The van der Waals surface area contributed by atoms with Gasteiger partial charge in [0.05, 0.1) is 17.3 Å². The number of benzene rings is 1. The zero-order valence-corrected chi connectivity index (χ0v) is 11.3. The second kappa shape index (κ2) is 5.40. The van der Waals surface area contributed by atoms with Gasteiger partial charge >= 0.3 is 5.97 Å². The molecule has 6 nitrogen and oxygen atoms in total. The first-order chi connectivity index (χ1) is 10.2. The molecular weight excluding hydrogens is 270 g/mol. The molecule has 0 radical (unpaired) electrons. The van der Waals surface area contributed by atoms with Crippen LogP contribution in [0.5, 0.6) is 0 Å². The average Bonchev–Trinajstić information content (AvgIpc) is 3.17. The number of aromatic carboxylic acids is 1. The lowest BCUT2D eigenvalue weighted by molar-refractivity contribution is 0.0697. The second-order valence-electron chi connectivity index (χ2n) is 5.05. The Morgan fingerprint density at radius 2 is 2.10 bits per heavy atom. The van der Waals surface area contributed by atoms with Crippen LogP contribution in [0, 0.1) is 0 Å². The molecular formula is C15H15N3O3. The molecule has 1 saturated heterocycles. The van der Waals surface area contributed by atoms with Crippen molar-refractivity contribution in [3.63, 3.8) is 0 Å². The van der Waals surface area contributed by atoms with Crippen LogP contribution in [-0.2, 0) is 0 Å². The quantitative estimate of drug-likeness (QED) is 0.904. The number of likely N-dealkylation sites (tertiary alicyclic amines) is 1. The summed E-state index contributed by atoms with van der Waals surface area (Å²) in [5.74, 6) is -1.17. The fourth-order valence-electron chi connectivity index (χ4n) is 2.74. The third-order valence-corrected chi connectivity index (χ3v) is 3.75. The number of nitrogens with zero attached hydrogens (tertiary/aromatic N) is 2. The fraction of sp³-hybridized carbons (Fsp3) is 0.267. The van der Waals surface area contributed by atoms with Crippen LogP contribution in [-0.4, -0.2) is 38.6 Å². The fourth-order valence-corrected chi connectivity index (χ4v) is 2.74. The molecule has 1 unspecified atom stereocenters. The second-order valence-corrected chi connectivity index (χ2v) is 5.05. The molecule has 6 heteroatoms. The third kappa shape index (κ3) is 2.52. The van der Waals surface area contributed by atoms with Crippen molar-refractivity contribution in [1.29, 1.82) is 0 Å². The van der Waals surface area contributed by atoms with Gasteiger partial charge in [0, 0.05) is 18.3 Å². The smallest absolute Gasteiger partial charge is 0.335 e. The Hall–Kier alpha value is -2.63. The number of hydrogen-bond donors (Lipinski definition) is 2. The molecule has 3 rings (SSSR count). The van der Waals surface area contributed by atoms with E-state index in [0.29, 0.717) is 12.1 Å². The van der Waals surface area contributed by atoms with Gasteiger partial charge in [-0.15, -0.1) is 0 Å².